The fourth-order valence-electron chi connectivity index (χ4n) is 3.82. The van der Waals surface area contributed by atoms with E-state index in [2.05, 4.69) is 9.97 Å². The van der Waals surface area contributed by atoms with Gasteiger partial charge in [-0.3, -0.25) is 4.79 Å². The number of hydrogen-bond donors (Lipinski definition) is 1. The number of hydrogen-bond acceptors (Lipinski definition) is 5. The Bertz CT molecular complexity index is 1170. The lowest BCUT2D eigenvalue weighted by Gasteiger charge is -2.22. The Kier molecular flexibility index (Phi) is 5.60. The van der Waals surface area contributed by atoms with Gasteiger partial charge in [0.05, 0.1) is 30.1 Å². The minimum absolute atomic E-state index is 0.0255. The molecule has 0 aliphatic heterocycles. The lowest BCUT2D eigenvalue weighted by molar-refractivity contribution is -0.120. The van der Waals surface area contributed by atoms with Gasteiger partial charge in [-0.25, -0.2) is 34.0 Å². The molecule has 0 saturated heterocycles. The summed E-state index contributed by atoms with van der Waals surface area (Å²) in [6.45, 7) is 3.66. The predicted octanol–water partition coefficient (Wildman–Crippen LogP) is 3.75. The summed E-state index contributed by atoms with van der Waals surface area (Å²) >= 11 is 0. The fourth-order valence-corrected chi connectivity index (χ4v) is 3.82. The summed E-state index contributed by atoms with van der Waals surface area (Å²) in [6.07, 6.45) is 1.95. The van der Waals surface area contributed by atoms with E-state index in [4.69, 9.17) is 10.6 Å². The summed E-state index contributed by atoms with van der Waals surface area (Å²) in [5, 5.41) is 0.804. The van der Waals surface area contributed by atoms with Crippen LogP contribution in [-0.4, -0.2) is 22.5 Å². The topological polar surface area (TPSA) is 81.3 Å². The van der Waals surface area contributed by atoms with Crippen LogP contribution in [0.5, 0.6) is 5.75 Å². The quantitative estimate of drug-likeness (QED) is 0.357. The number of halogens is 3. The number of nitrogens with zero attached hydrogens (tertiary/aromatic N) is 3. The van der Waals surface area contributed by atoms with Gasteiger partial charge in [-0.05, 0) is 50.1 Å². The number of carbonyl (C=O) groups is 1. The molecular weight excluding hydrogens is 421 g/mol. The second-order valence-electron chi connectivity index (χ2n) is 7.88. The van der Waals surface area contributed by atoms with Crippen LogP contribution < -0.4 is 15.6 Å². The molecule has 3 aromatic rings. The van der Waals surface area contributed by atoms with Gasteiger partial charge < -0.3 is 4.74 Å². The van der Waals surface area contributed by atoms with Crippen molar-refractivity contribution >= 4 is 11.6 Å². The van der Waals surface area contributed by atoms with Gasteiger partial charge in [-0.2, -0.15) is 0 Å². The number of aromatic nitrogens is 2. The first kappa shape index (κ1) is 21.8. The molecule has 1 fully saturated rings. The van der Waals surface area contributed by atoms with Crippen molar-refractivity contribution in [2.75, 3.05) is 11.6 Å². The van der Waals surface area contributed by atoms with E-state index in [1.807, 2.05) is 0 Å². The molecule has 0 bridgehead atoms. The van der Waals surface area contributed by atoms with Crippen molar-refractivity contribution in [2.45, 2.75) is 25.7 Å². The first-order valence-corrected chi connectivity index (χ1v) is 9.94. The molecular formula is C23H21F3N4O2. The van der Waals surface area contributed by atoms with Gasteiger partial charge in [-0.15, -0.1) is 0 Å². The highest BCUT2D eigenvalue weighted by Crippen LogP contribution is 2.55. The third-order valence-electron chi connectivity index (χ3n) is 5.75. The summed E-state index contributed by atoms with van der Waals surface area (Å²) in [5.74, 6) is 3.39. The third-order valence-corrected chi connectivity index (χ3v) is 5.75. The zero-order valence-corrected chi connectivity index (χ0v) is 17.5. The number of ether oxygens (including phenoxy) is 1. The second-order valence-corrected chi connectivity index (χ2v) is 7.88. The smallest absolute Gasteiger partial charge is 0.245 e. The van der Waals surface area contributed by atoms with Crippen LogP contribution in [-0.2, 0) is 10.2 Å². The van der Waals surface area contributed by atoms with E-state index in [0.717, 1.165) is 17.1 Å². The van der Waals surface area contributed by atoms with Gasteiger partial charge in [0.25, 0.3) is 0 Å². The highest BCUT2D eigenvalue weighted by molar-refractivity contribution is 5.97. The van der Waals surface area contributed by atoms with Crippen LogP contribution in [0.1, 0.15) is 23.5 Å². The molecule has 1 aromatic heterocycles. The van der Waals surface area contributed by atoms with Gasteiger partial charge in [-0.1, -0.05) is 12.1 Å². The molecule has 0 spiro atoms. The van der Waals surface area contributed by atoms with E-state index in [9.17, 15) is 18.0 Å². The zero-order valence-electron chi connectivity index (χ0n) is 17.5. The lowest BCUT2D eigenvalue weighted by atomic mass is 9.93. The SMILES string of the molecule is Cc1ncc(OC[C@@]2(c3ccc(F)cc3)C[C@H]2C(=O)N(N)c2ccc(F)c(F)c2)c(C)n1. The number of carbonyl (C=O) groups excluding carboxylic acids is 1. The molecule has 4 rings (SSSR count). The molecule has 1 aliphatic rings. The number of nitrogens with two attached hydrogens (primary N) is 1. The maximum absolute atomic E-state index is 13.6. The van der Waals surface area contributed by atoms with Gasteiger partial charge in [0.2, 0.25) is 5.91 Å². The highest BCUT2D eigenvalue weighted by Gasteiger charge is 2.61. The van der Waals surface area contributed by atoms with Crippen LogP contribution in [0.15, 0.2) is 48.7 Å². The van der Waals surface area contributed by atoms with Crippen LogP contribution in [0.25, 0.3) is 0 Å². The average Bonchev–Trinajstić information content (AvgIpc) is 3.50. The summed E-state index contributed by atoms with van der Waals surface area (Å²) in [5.41, 5.74) is 0.620. The predicted molar refractivity (Wildman–Crippen MR) is 111 cm³/mol. The number of benzene rings is 2. The molecule has 32 heavy (non-hydrogen) atoms. The number of amides is 1. The Hall–Kier alpha value is -3.46. The molecule has 6 nitrogen and oxygen atoms in total. The summed E-state index contributed by atoms with van der Waals surface area (Å²) in [7, 11) is 0. The first-order chi connectivity index (χ1) is 15.2. The Morgan fingerprint density at radius 1 is 1.16 bits per heavy atom. The van der Waals surface area contributed by atoms with E-state index >= 15 is 0 Å². The molecule has 1 amide bonds. The minimum atomic E-state index is -1.11. The molecule has 1 aliphatic carbocycles. The molecule has 2 atom stereocenters. The first-order valence-electron chi connectivity index (χ1n) is 9.94. The second kappa shape index (κ2) is 8.23. The minimum Gasteiger partial charge on any atom is -0.489 e. The third kappa shape index (κ3) is 4.03. The largest absolute Gasteiger partial charge is 0.489 e. The Labute approximate surface area is 182 Å². The van der Waals surface area contributed by atoms with Crippen molar-refractivity contribution < 1.29 is 22.7 Å². The van der Waals surface area contributed by atoms with E-state index < -0.39 is 34.7 Å². The molecule has 0 unspecified atom stereocenters. The Balaban J connectivity index is 1.60. The van der Waals surface area contributed by atoms with Gasteiger partial charge in [0.1, 0.15) is 11.6 Å². The molecule has 0 radical (unpaired) electrons. The van der Waals surface area contributed by atoms with E-state index in [0.29, 0.717) is 29.3 Å². The van der Waals surface area contributed by atoms with Crippen molar-refractivity contribution in [3.8, 4) is 5.75 Å². The number of hydrazine groups is 1. The molecule has 1 saturated carbocycles. The normalized spacial score (nSPS) is 19.5. The van der Waals surface area contributed by atoms with Crippen LogP contribution >= 0.6 is 0 Å². The summed E-state index contributed by atoms with van der Waals surface area (Å²) in [6, 6.07) is 8.81. The van der Waals surface area contributed by atoms with E-state index in [1.54, 1.807) is 32.2 Å². The van der Waals surface area contributed by atoms with E-state index in [1.165, 1.54) is 18.2 Å². The maximum Gasteiger partial charge on any atom is 0.245 e. The fraction of sp³-hybridized carbons (Fsp3) is 0.261. The van der Waals surface area contributed by atoms with Crippen LogP contribution in [0.4, 0.5) is 18.9 Å². The monoisotopic (exact) mass is 442 g/mol. The van der Waals surface area contributed by atoms with Gasteiger partial charge >= 0.3 is 0 Å². The summed E-state index contributed by atoms with van der Waals surface area (Å²) in [4.78, 5) is 21.5. The molecule has 1 heterocycles. The maximum atomic E-state index is 13.6. The van der Waals surface area contributed by atoms with Crippen LogP contribution in [0.3, 0.4) is 0 Å². The molecule has 166 valence electrons. The van der Waals surface area contributed by atoms with Gasteiger partial charge in [0.15, 0.2) is 17.4 Å². The van der Waals surface area contributed by atoms with E-state index in [-0.39, 0.29) is 12.3 Å². The van der Waals surface area contributed by atoms with Crippen molar-refractivity contribution in [1.29, 1.82) is 0 Å². The Morgan fingerprint density at radius 3 is 2.53 bits per heavy atom. The standard InChI is InChI=1S/C23H21F3N4O2/c1-13-21(11-28-14(2)29-13)32-12-23(15-3-5-16(24)6-4-15)10-18(23)22(31)30(27)17-7-8-19(25)20(26)9-17/h3-9,11,18H,10,12,27H2,1-2H3/t18-,23+/m0/s1. The van der Waals surface area contributed by atoms with Crippen molar-refractivity contribution in [3.05, 3.63) is 83.2 Å². The van der Waals surface area contributed by atoms with Crippen molar-refractivity contribution in [1.82, 2.24) is 9.97 Å². The number of anilines is 1. The van der Waals surface area contributed by atoms with Crippen LogP contribution in [0, 0.1) is 37.2 Å². The van der Waals surface area contributed by atoms with Crippen LogP contribution in [0.2, 0.25) is 0 Å². The summed E-state index contributed by atoms with van der Waals surface area (Å²) < 4.78 is 46.3. The molecule has 2 aromatic carbocycles. The molecule has 9 heteroatoms. The zero-order chi connectivity index (χ0) is 23.0. The molecule has 2 N–H and O–H groups in total. The lowest BCUT2D eigenvalue weighted by Crippen LogP contribution is -2.41. The van der Waals surface area contributed by atoms with Crippen molar-refractivity contribution in [2.24, 2.45) is 11.8 Å². The number of rotatable bonds is 6. The average molecular weight is 442 g/mol. The highest BCUT2D eigenvalue weighted by atomic mass is 19.2. The van der Waals surface area contributed by atoms with Gasteiger partial charge in [0, 0.05) is 11.5 Å². The number of aryl methyl sites for hydroxylation is 2. The van der Waals surface area contributed by atoms with Crippen molar-refractivity contribution in [3.63, 3.8) is 0 Å². The Morgan fingerprint density at radius 2 is 1.88 bits per heavy atom.